The summed E-state index contributed by atoms with van der Waals surface area (Å²) >= 11 is 0. The van der Waals surface area contributed by atoms with E-state index in [2.05, 4.69) is 10.6 Å². The van der Waals surface area contributed by atoms with Crippen LogP contribution in [-0.4, -0.2) is 18.6 Å². The van der Waals surface area contributed by atoms with Crippen LogP contribution in [0.2, 0.25) is 0 Å². The van der Waals surface area contributed by atoms with E-state index in [9.17, 15) is 22.8 Å². The highest BCUT2D eigenvalue weighted by atomic mass is 19.4. The number of benzene rings is 3. The summed E-state index contributed by atoms with van der Waals surface area (Å²) in [6, 6.07) is 15.3. The van der Waals surface area contributed by atoms with Crippen molar-refractivity contribution in [2.45, 2.75) is 6.18 Å². The third kappa shape index (κ3) is 4.30. The molecule has 0 bridgehead atoms. The first-order valence-corrected chi connectivity index (χ1v) is 9.10. The van der Waals surface area contributed by atoms with Crippen LogP contribution in [-0.2, 0) is 6.18 Å². The number of alkyl halides is 3. The van der Waals surface area contributed by atoms with Crippen LogP contribution in [0.1, 0.15) is 26.3 Å². The van der Waals surface area contributed by atoms with Crippen LogP contribution >= 0.6 is 0 Å². The lowest BCUT2D eigenvalue weighted by atomic mass is 10.1. The summed E-state index contributed by atoms with van der Waals surface area (Å²) in [6.07, 6.45) is -4.69. The Morgan fingerprint density at radius 1 is 0.774 bits per heavy atom. The number of carbonyl (C=O) groups excluding carboxylic acids is 2. The molecule has 2 N–H and O–H groups in total. The van der Waals surface area contributed by atoms with Gasteiger partial charge < -0.3 is 20.1 Å². The summed E-state index contributed by atoms with van der Waals surface area (Å²) in [6.45, 7) is 0.0843. The molecule has 0 aliphatic carbocycles. The zero-order chi connectivity index (χ0) is 22.0. The van der Waals surface area contributed by atoms with Gasteiger partial charge in [0, 0.05) is 11.8 Å². The maximum atomic E-state index is 13.2. The Bertz CT molecular complexity index is 1160. The number of amides is 2. The Morgan fingerprint density at radius 2 is 1.42 bits per heavy atom. The van der Waals surface area contributed by atoms with Crippen molar-refractivity contribution in [1.29, 1.82) is 0 Å². The number of nitrogens with one attached hydrogen (secondary N) is 2. The van der Waals surface area contributed by atoms with Gasteiger partial charge in [0.25, 0.3) is 11.8 Å². The molecule has 0 saturated heterocycles. The van der Waals surface area contributed by atoms with E-state index in [1.165, 1.54) is 24.3 Å². The van der Waals surface area contributed by atoms with E-state index < -0.39 is 29.1 Å². The molecule has 158 valence electrons. The van der Waals surface area contributed by atoms with Gasteiger partial charge in [0.05, 0.1) is 22.4 Å². The van der Waals surface area contributed by atoms with Crippen molar-refractivity contribution in [1.82, 2.24) is 0 Å². The average molecular weight is 428 g/mol. The molecule has 0 aromatic heterocycles. The summed E-state index contributed by atoms with van der Waals surface area (Å²) in [4.78, 5) is 25.3. The minimum absolute atomic E-state index is 0.0720. The van der Waals surface area contributed by atoms with Crippen molar-refractivity contribution < 1.29 is 32.2 Å². The Balaban J connectivity index is 1.57. The summed E-state index contributed by atoms with van der Waals surface area (Å²) in [5.41, 5.74) is -1.02. The summed E-state index contributed by atoms with van der Waals surface area (Å²) in [5.74, 6) is -0.507. The van der Waals surface area contributed by atoms with E-state index in [1.54, 1.807) is 30.3 Å². The molecule has 6 nitrogen and oxygen atoms in total. The number of para-hydroxylation sites is 1. The molecule has 0 saturated carbocycles. The number of ether oxygens (including phenoxy) is 2. The highest BCUT2D eigenvalue weighted by Crippen LogP contribution is 2.35. The molecule has 0 radical (unpaired) electrons. The highest BCUT2D eigenvalue weighted by molar-refractivity contribution is 6.13. The number of hydrogen-bond donors (Lipinski definition) is 2. The molecule has 1 aliphatic rings. The molecule has 2 amide bonds. The van der Waals surface area contributed by atoms with Crippen molar-refractivity contribution in [3.63, 3.8) is 0 Å². The van der Waals surface area contributed by atoms with E-state index in [-0.39, 0.29) is 18.0 Å². The van der Waals surface area contributed by atoms with Gasteiger partial charge in [-0.15, -0.1) is 0 Å². The molecule has 3 aromatic carbocycles. The van der Waals surface area contributed by atoms with Gasteiger partial charge in [-0.2, -0.15) is 13.2 Å². The molecule has 3 aromatic rings. The van der Waals surface area contributed by atoms with Gasteiger partial charge in [-0.05, 0) is 36.4 Å². The maximum Gasteiger partial charge on any atom is 0.417 e. The predicted octanol–water partition coefficient (Wildman–Crippen LogP) is 4.94. The van der Waals surface area contributed by atoms with Crippen molar-refractivity contribution >= 4 is 23.2 Å². The van der Waals surface area contributed by atoms with Gasteiger partial charge in [-0.1, -0.05) is 24.3 Å². The predicted molar refractivity (Wildman–Crippen MR) is 106 cm³/mol. The first-order valence-electron chi connectivity index (χ1n) is 9.10. The molecule has 1 aliphatic heterocycles. The molecule has 9 heteroatoms. The van der Waals surface area contributed by atoms with Crippen molar-refractivity contribution in [3.8, 4) is 11.5 Å². The van der Waals surface area contributed by atoms with Crippen LogP contribution in [0, 0.1) is 0 Å². The molecule has 31 heavy (non-hydrogen) atoms. The summed E-state index contributed by atoms with van der Waals surface area (Å²) in [7, 11) is 0. The Morgan fingerprint density at radius 3 is 2.19 bits per heavy atom. The van der Waals surface area contributed by atoms with Gasteiger partial charge in [-0.25, -0.2) is 0 Å². The van der Waals surface area contributed by atoms with E-state index in [1.807, 2.05) is 0 Å². The molecule has 1 heterocycles. The fourth-order valence-electron chi connectivity index (χ4n) is 3.08. The normalized spacial score (nSPS) is 12.4. The second kappa shape index (κ2) is 8.02. The van der Waals surface area contributed by atoms with E-state index >= 15 is 0 Å². The second-order valence-electron chi connectivity index (χ2n) is 6.57. The van der Waals surface area contributed by atoms with Gasteiger partial charge in [-0.3, -0.25) is 9.59 Å². The summed E-state index contributed by atoms with van der Waals surface area (Å²) in [5, 5.41) is 5.07. The van der Waals surface area contributed by atoms with Crippen LogP contribution in [0.25, 0.3) is 0 Å². The number of hydrogen-bond acceptors (Lipinski definition) is 4. The van der Waals surface area contributed by atoms with Gasteiger partial charge in [0.2, 0.25) is 6.79 Å². The minimum Gasteiger partial charge on any atom is -0.454 e. The lowest BCUT2D eigenvalue weighted by Crippen LogP contribution is -2.21. The number of fused-ring (bicyclic) bond motifs is 1. The van der Waals surface area contributed by atoms with E-state index in [0.717, 1.165) is 12.1 Å². The van der Waals surface area contributed by atoms with Gasteiger partial charge in [0.1, 0.15) is 0 Å². The van der Waals surface area contributed by atoms with Gasteiger partial charge >= 0.3 is 6.18 Å². The minimum atomic E-state index is -4.69. The summed E-state index contributed by atoms with van der Waals surface area (Å²) < 4.78 is 50.2. The SMILES string of the molecule is O=C(Nc1ccc2c(c1)OCO2)c1ccccc1NC(=O)c1ccccc1C(F)(F)F. The van der Waals surface area contributed by atoms with Crippen LogP contribution in [0.3, 0.4) is 0 Å². The molecule has 0 unspecified atom stereocenters. The number of anilines is 2. The smallest absolute Gasteiger partial charge is 0.417 e. The van der Waals surface area contributed by atoms with Crippen LogP contribution in [0.4, 0.5) is 24.5 Å². The van der Waals surface area contributed by atoms with E-state index in [4.69, 9.17) is 9.47 Å². The molecular weight excluding hydrogens is 413 g/mol. The Labute approximate surface area is 174 Å². The zero-order valence-electron chi connectivity index (χ0n) is 15.8. The lowest BCUT2D eigenvalue weighted by Gasteiger charge is -2.14. The van der Waals surface area contributed by atoms with Crippen molar-refractivity contribution in [2.75, 3.05) is 17.4 Å². The largest absolute Gasteiger partial charge is 0.454 e. The third-order valence-electron chi connectivity index (χ3n) is 4.53. The maximum absolute atomic E-state index is 13.2. The second-order valence-corrected chi connectivity index (χ2v) is 6.57. The molecule has 4 rings (SSSR count). The van der Waals surface area contributed by atoms with E-state index in [0.29, 0.717) is 17.2 Å². The number of carbonyl (C=O) groups is 2. The zero-order valence-corrected chi connectivity index (χ0v) is 15.8. The molecular formula is C22H15F3N2O4. The molecule has 0 atom stereocenters. The monoisotopic (exact) mass is 428 g/mol. The number of halogens is 3. The third-order valence-corrected chi connectivity index (χ3v) is 4.53. The fraction of sp³-hybridized carbons (Fsp3) is 0.0909. The van der Waals surface area contributed by atoms with Crippen LogP contribution in [0.15, 0.2) is 66.7 Å². The van der Waals surface area contributed by atoms with Crippen molar-refractivity contribution in [3.05, 3.63) is 83.4 Å². The van der Waals surface area contributed by atoms with Crippen LogP contribution < -0.4 is 20.1 Å². The highest BCUT2D eigenvalue weighted by Gasteiger charge is 2.35. The first kappa shape index (κ1) is 20.3. The van der Waals surface area contributed by atoms with Crippen LogP contribution in [0.5, 0.6) is 11.5 Å². The standard InChI is InChI=1S/C22H15F3N2O4/c23-22(24,25)16-7-3-1-5-14(16)20(28)27-17-8-4-2-6-15(17)21(29)26-13-9-10-18-19(11-13)31-12-30-18/h1-11H,12H2,(H,26,29)(H,27,28). The van der Waals surface area contributed by atoms with Crippen molar-refractivity contribution in [2.24, 2.45) is 0 Å². The Kier molecular flexibility index (Phi) is 5.24. The van der Waals surface area contributed by atoms with Gasteiger partial charge in [0.15, 0.2) is 11.5 Å². The molecule has 0 spiro atoms. The molecule has 0 fully saturated rings. The average Bonchev–Trinajstić information content (AvgIpc) is 3.21. The first-order chi connectivity index (χ1) is 14.8. The quantitative estimate of drug-likeness (QED) is 0.617. The fourth-order valence-corrected chi connectivity index (χ4v) is 3.08. The Hall–Kier alpha value is -4.01. The topological polar surface area (TPSA) is 76.7 Å². The number of rotatable bonds is 4. The lowest BCUT2D eigenvalue weighted by molar-refractivity contribution is -0.137.